The zero-order chi connectivity index (χ0) is 21.1. The first-order valence-electron chi connectivity index (χ1n) is 9.78. The predicted molar refractivity (Wildman–Crippen MR) is 121 cm³/mol. The lowest BCUT2D eigenvalue weighted by atomic mass is 10.1. The molecular weight excluding hydrogens is 512 g/mol. The van der Waals surface area contributed by atoms with E-state index in [-0.39, 0.29) is 42.4 Å². The molecule has 1 aliphatic heterocycles. The standard InChI is InChI=1S/C20H29F3N4O2.HI/c1-24-19(25-9-5-11-29-15-20(21,22)23)26-13-17-12-18(28)27(14-17)10-8-16-6-3-2-4-7-16;/h2-4,6-7,17H,5,8-15H2,1H3,(H2,24,25,26);1H. The van der Waals surface area contributed by atoms with Crippen molar-refractivity contribution >= 4 is 35.8 Å². The molecule has 0 aliphatic carbocycles. The molecule has 10 heteroatoms. The largest absolute Gasteiger partial charge is 0.411 e. The summed E-state index contributed by atoms with van der Waals surface area (Å²) in [5.74, 6) is 0.931. The fourth-order valence-electron chi connectivity index (χ4n) is 3.15. The van der Waals surface area contributed by atoms with E-state index >= 15 is 0 Å². The molecule has 1 unspecified atom stereocenters. The van der Waals surface area contributed by atoms with E-state index in [2.05, 4.69) is 32.5 Å². The van der Waals surface area contributed by atoms with Gasteiger partial charge in [0.25, 0.3) is 0 Å². The Hall–Kier alpha value is -1.56. The highest BCUT2D eigenvalue weighted by Gasteiger charge is 2.29. The third-order valence-electron chi connectivity index (χ3n) is 4.61. The van der Waals surface area contributed by atoms with Gasteiger partial charge >= 0.3 is 6.18 Å². The van der Waals surface area contributed by atoms with Gasteiger partial charge in [-0.2, -0.15) is 13.2 Å². The van der Waals surface area contributed by atoms with Crippen LogP contribution in [0.1, 0.15) is 18.4 Å². The number of halogens is 4. The number of carbonyl (C=O) groups excluding carboxylic acids is 1. The van der Waals surface area contributed by atoms with Crippen LogP contribution in [0.25, 0.3) is 0 Å². The normalized spacial score (nSPS) is 17.1. The first-order valence-corrected chi connectivity index (χ1v) is 9.78. The molecule has 1 aliphatic rings. The molecule has 0 aromatic heterocycles. The minimum absolute atomic E-state index is 0. The minimum atomic E-state index is -4.29. The molecule has 1 saturated heterocycles. The summed E-state index contributed by atoms with van der Waals surface area (Å²) in [5, 5.41) is 6.22. The molecule has 1 heterocycles. The Morgan fingerprint density at radius 3 is 2.67 bits per heavy atom. The van der Waals surface area contributed by atoms with Gasteiger partial charge in [0, 0.05) is 52.2 Å². The Morgan fingerprint density at radius 2 is 2.00 bits per heavy atom. The average molecular weight is 542 g/mol. The van der Waals surface area contributed by atoms with E-state index < -0.39 is 12.8 Å². The molecule has 170 valence electrons. The smallest absolute Gasteiger partial charge is 0.372 e. The lowest BCUT2D eigenvalue weighted by Gasteiger charge is -2.18. The highest BCUT2D eigenvalue weighted by molar-refractivity contribution is 14.0. The molecule has 0 radical (unpaired) electrons. The Labute approximate surface area is 192 Å². The molecule has 1 aromatic rings. The number of likely N-dealkylation sites (tertiary alicyclic amines) is 1. The van der Waals surface area contributed by atoms with Gasteiger partial charge < -0.3 is 20.3 Å². The monoisotopic (exact) mass is 542 g/mol. The molecule has 2 rings (SSSR count). The lowest BCUT2D eigenvalue weighted by molar-refractivity contribution is -0.173. The second-order valence-corrected chi connectivity index (χ2v) is 7.05. The number of nitrogens with zero attached hydrogens (tertiary/aromatic N) is 2. The van der Waals surface area contributed by atoms with Gasteiger partial charge in [-0.25, -0.2) is 0 Å². The highest BCUT2D eigenvalue weighted by Crippen LogP contribution is 2.17. The molecule has 1 atom stereocenters. The van der Waals surface area contributed by atoms with E-state index in [1.807, 2.05) is 23.1 Å². The number of nitrogens with one attached hydrogen (secondary N) is 2. The first-order chi connectivity index (χ1) is 13.9. The Bertz CT molecular complexity index is 659. The van der Waals surface area contributed by atoms with Crippen LogP contribution in [-0.2, 0) is 16.0 Å². The van der Waals surface area contributed by atoms with E-state index in [0.717, 1.165) is 6.42 Å². The van der Waals surface area contributed by atoms with E-state index in [1.54, 1.807) is 7.05 Å². The summed E-state index contributed by atoms with van der Waals surface area (Å²) in [4.78, 5) is 18.2. The summed E-state index contributed by atoms with van der Waals surface area (Å²) < 4.78 is 40.5. The molecular formula is C20H30F3IN4O2. The predicted octanol–water partition coefficient (Wildman–Crippen LogP) is 2.83. The van der Waals surface area contributed by atoms with Crippen molar-refractivity contribution in [2.75, 3.05) is 46.4 Å². The fourth-order valence-corrected chi connectivity index (χ4v) is 3.15. The van der Waals surface area contributed by atoms with Crippen LogP contribution in [0, 0.1) is 5.92 Å². The van der Waals surface area contributed by atoms with Crippen molar-refractivity contribution in [1.29, 1.82) is 0 Å². The van der Waals surface area contributed by atoms with Gasteiger partial charge in [0.1, 0.15) is 6.61 Å². The lowest BCUT2D eigenvalue weighted by Crippen LogP contribution is -2.41. The summed E-state index contributed by atoms with van der Waals surface area (Å²) in [6.07, 6.45) is -2.51. The maximum atomic E-state index is 12.2. The number of amides is 1. The third-order valence-corrected chi connectivity index (χ3v) is 4.61. The van der Waals surface area contributed by atoms with E-state index in [0.29, 0.717) is 45.0 Å². The van der Waals surface area contributed by atoms with Crippen LogP contribution in [-0.4, -0.2) is 69.4 Å². The Balaban J connectivity index is 0.00000450. The van der Waals surface area contributed by atoms with Gasteiger partial charge in [-0.05, 0) is 18.4 Å². The van der Waals surface area contributed by atoms with Gasteiger partial charge in [-0.3, -0.25) is 9.79 Å². The number of carbonyl (C=O) groups is 1. The number of hydrogen-bond donors (Lipinski definition) is 2. The first kappa shape index (κ1) is 26.5. The average Bonchev–Trinajstić information content (AvgIpc) is 3.04. The van der Waals surface area contributed by atoms with Crippen LogP contribution in [0.5, 0.6) is 0 Å². The van der Waals surface area contributed by atoms with Gasteiger partial charge in [0.05, 0.1) is 0 Å². The number of alkyl halides is 3. The van der Waals surface area contributed by atoms with E-state index in [9.17, 15) is 18.0 Å². The van der Waals surface area contributed by atoms with Gasteiger partial charge in [-0.15, -0.1) is 24.0 Å². The Morgan fingerprint density at radius 1 is 1.27 bits per heavy atom. The number of benzene rings is 1. The molecule has 0 bridgehead atoms. The summed E-state index contributed by atoms with van der Waals surface area (Å²) in [5.41, 5.74) is 1.21. The number of rotatable bonds is 10. The third kappa shape index (κ3) is 10.5. The fraction of sp³-hybridized carbons (Fsp3) is 0.600. The molecule has 0 saturated carbocycles. The van der Waals surface area contributed by atoms with Gasteiger partial charge in [0.15, 0.2) is 5.96 Å². The van der Waals surface area contributed by atoms with Gasteiger partial charge in [0.2, 0.25) is 5.91 Å². The molecule has 0 spiro atoms. The van der Waals surface area contributed by atoms with Crippen molar-refractivity contribution in [3.63, 3.8) is 0 Å². The molecule has 1 aromatic carbocycles. The Kier molecular flexibility index (Phi) is 12.1. The van der Waals surface area contributed by atoms with Crippen molar-refractivity contribution in [2.24, 2.45) is 10.9 Å². The van der Waals surface area contributed by atoms with E-state index in [4.69, 9.17) is 0 Å². The van der Waals surface area contributed by atoms with Crippen LogP contribution >= 0.6 is 24.0 Å². The summed E-state index contributed by atoms with van der Waals surface area (Å²) >= 11 is 0. The minimum Gasteiger partial charge on any atom is -0.372 e. The summed E-state index contributed by atoms with van der Waals surface area (Å²) in [6.45, 7) is 1.28. The SMILES string of the molecule is CN=C(NCCCOCC(F)(F)F)NCC1CC(=O)N(CCc2ccccc2)C1.I. The zero-order valence-corrected chi connectivity index (χ0v) is 19.4. The zero-order valence-electron chi connectivity index (χ0n) is 17.1. The van der Waals surface area contributed by atoms with Crippen LogP contribution in [0.4, 0.5) is 13.2 Å². The van der Waals surface area contributed by atoms with Crippen molar-refractivity contribution < 1.29 is 22.7 Å². The summed E-state index contributed by atoms with van der Waals surface area (Å²) in [7, 11) is 1.63. The second-order valence-electron chi connectivity index (χ2n) is 7.05. The molecule has 2 N–H and O–H groups in total. The number of hydrogen-bond acceptors (Lipinski definition) is 3. The topological polar surface area (TPSA) is 66.0 Å². The van der Waals surface area contributed by atoms with Crippen molar-refractivity contribution in [3.05, 3.63) is 35.9 Å². The summed E-state index contributed by atoms with van der Waals surface area (Å²) in [6, 6.07) is 10.1. The van der Waals surface area contributed by atoms with Crippen LogP contribution < -0.4 is 10.6 Å². The van der Waals surface area contributed by atoms with Crippen molar-refractivity contribution in [2.45, 2.75) is 25.4 Å². The maximum absolute atomic E-state index is 12.2. The van der Waals surface area contributed by atoms with Crippen LogP contribution in [0.2, 0.25) is 0 Å². The molecule has 1 fully saturated rings. The number of guanidine groups is 1. The quantitative estimate of drug-likeness (QED) is 0.207. The molecule has 6 nitrogen and oxygen atoms in total. The van der Waals surface area contributed by atoms with Crippen LogP contribution in [0.3, 0.4) is 0 Å². The molecule has 1 amide bonds. The molecule has 30 heavy (non-hydrogen) atoms. The number of aliphatic imine (C=N–C) groups is 1. The van der Waals surface area contributed by atoms with E-state index in [1.165, 1.54) is 5.56 Å². The van der Waals surface area contributed by atoms with Crippen molar-refractivity contribution in [1.82, 2.24) is 15.5 Å². The number of ether oxygens (including phenoxy) is 1. The maximum Gasteiger partial charge on any atom is 0.411 e. The van der Waals surface area contributed by atoms with Gasteiger partial charge in [-0.1, -0.05) is 30.3 Å². The van der Waals surface area contributed by atoms with Crippen molar-refractivity contribution in [3.8, 4) is 0 Å². The second kappa shape index (κ2) is 13.7. The van der Waals surface area contributed by atoms with Crippen LogP contribution in [0.15, 0.2) is 35.3 Å². The highest BCUT2D eigenvalue weighted by atomic mass is 127.